The lowest BCUT2D eigenvalue weighted by molar-refractivity contribution is 0.366. The Morgan fingerprint density at radius 3 is 2.50 bits per heavy atom. The maximum Gasteiger partial charge on any atom is 0.121 e. The van der Waals surface area contributed by atoms with Crippen molar-refractivity contribution in [2.24, 2.45) is 11.3 Å². The van der Waals surface area contributed by atoms with Crippen molar-refractivity contribution >= 4 is 5.69 Å². The van der Waals surface area contributed by atoms with Gasteiger partial charge in [-0.25, -0.2) is 0 Å². The average molecular weight is 247 g/mol. The summed E-state index contributed by atoms with van der Waals surface area (Å²) in [4.78, 5) is 0. The zero-order valence-electron chi connectivity index (χ0n) is 12.2. The first-order chi connectivity index (χ1) is 8.41. The Morgan fingerprint density at radius 1 is 1.28 bits per heavy atom. The molecule has 0 spiro atoms. The van der Waals surface area contributed by atoms with E-state index in [1.165, 1.54) is 24.1 Å². The van der Waals surface area contributed by atoms with E-state index < -0.39 is 0 Å². The first kappa shape index (κ1) is 13.3. The molecule has 2 atom stereocenters. The molecule has 0 radical (unpaired) electrons. The summed E-state index contributed by atoms with van der Waals surface area (Å²) >= 11 is 0. The average Bonchev–Trinajstić information content (AvgIpc) is 2.52. The van der Waals surface area contributed by atoms with E-state index in [1.54, 1.807) is 7.11 Å². The highest BCUT2D eigenvalue weighted by molar-refractivity contribution is 5.51. The number of rotatable bonds is 3. The van der Waals surface area contributed by atoms with Crippen molar-refractivity contribution in [3.05, 3.63) is 23.8 Å². The topological polar surface area (TPSA) is 21.3 Å². The van der Waals surface area contributed by atoms with Crippen LogP contribution in [0.4, 0.5) is 5.69 Å². The fourth-order valence-electron chi connectivity index (χ4n) is 3.27. The van der Waals surface area contributed by atoms with Gasteiger partial charge < -0.3 is 10.1 Å². The van der Waals surface area contributed by atoms with Gasteiger partial charge in [-0.3, -0.25) is 0 Å². The van der Waals surface area contributed by atoms with Crippen molar-refractivity contribution in [1.82, 2.24) is 0 Å². The van der Waals surface area contributed by atoms with Gasteiger partial charge in [-0.2, -0.15) is 0 Å². The van der Waals surface area contributed by atoms with E-state index in [9.17, 15) is 0 Å². The number of benzene rings is 1. The van der Waals surface area contributed by atoms with Crippen LogP contribution in [0.15, 0.2) is 18.2 Å². The van der Waals surface area contributed by atoms with Gasteiger partial charge in [-0.05, 0) is 54.9 Å². The van der Waals surface area contributed by atoms with Crippen molar-refractivity contribution in [3.8, 4) is 5.75 Å². The zero-order valence-corrected chi connectivity index (χ0v) is 12.2. The van der Waals surface area contributed by atoms with Gasteiger partial charge in [0.1, 0.15) is 5.75 Å². The summed E-state index contributed by atoms with van der Waals surface area (Å²) in [6, 6.07) is 6.93. The minimum absolute atomic E-state index is 0.471. The van der Waals surface area contributed by atoms with Crippen LogP contribution in [0.25, 0.3) is 0 Å². The molecule has 100 valence electrons. The molecule has 0 aliphatic heterocycles. The normalized spacial score (nSPS) is 26.1. The first-order valence-corrected chi connectivity index (χ1v) is 6.82. The third-order valence-corrected chi connectivity index (χ3v) is 4.08. The molecule has 1 aliphatic rings. The molecule has 1 fully saturated rings. The predicted molar refractivity (Wildman–Crippen MR) is 77.3 cm³/mol. The quantitative estimate of drug-likeness (QED) is 0.862. The highest BCUT2D eigenvalue weighted by Crippen LogP contribution is 2.42. The second-order valence-electron chi connectivity index (χ2n) is 6.48. The van der Waals surface area contributed by atoms with Crippen LogP contribution in [0.3, 0.4) is 0 Å². The highest BCUT2D eigenvalue weighted by atomic mass is 16.5. The summed E-state index contributed by atoms with van der Waals surface area (Å²) in [7, 11) is 1.72. The van der Waals surface area contributed by atoms with Crippen LogP contribution in [0.2, 0.25) is 0 Å². The van der Waals surface area contributed by atoms with E-state index in [-0.39, 0.29) is 0 Å². The van der Waals surface area contributed by atoms with Gasteiger partial charge in [0.15, 0.2) is 0 Å². The Bertz CT molecular complexity index is 425. The van der Waals surface area contributed by atoms with Gasteiger partial charge in [-0.15, -0.1) is 0 Å². The Kier molecular flexibility index (Phi) is 3.56. The number of aryl methyl sites for hydroxylation is 1. The molecule has 0 heterocycles. The summed E-state index contributed by atoms with van der Waals surface area (Å²) in [5, 5.41) is 3.68. The van der Waals surface area contributed by atoms with Crippen molar-refractivity contribution in [1.29, 1.82) is 0 Å². The van der Waals surface area contributed by atoms with Gasteiger partial charge in [0.05, 0.1) is 7.11 Å². The molecule has 0 bridgehead atoms. The van der Waals surface area contributed by atoms with E-state index >= 15 is 0 Å². The third-order valence-electron chi connectivity index (χ3n) is 4.08. The molecular formula is C16H25NO. The van der Waals surface area contributed by atoms with Crippen LogP contribution in [0.1, 0.15) is 39.2 Å². The highest BCUT2D eigenvalue weighted by Gasteiger charge is 2.36. The van der Waals surface area contributed by atoms with E-state index in [1.807, 2.05) is 6.07 Å². The lowest BCUT2D eigenvalue weighted by Crippen LogP contribution is -2.22. The molecule has 1 aromatic carbocycles. The number of hydrogen-bond acceptors (Lipinski definition) is 2. The number of ether oxygens (including phenoxy) is 1. The van der Waals surface area contributed by atoms with Gasteiger partial charge >= 0.3 is 0 Å². The summed E-state index contributed by atoms with van der Waals surface area (Å²) in [6.07, 6.45) is 2.55. The molecular weight excluding hydrogens is 222 g/mol. The lowest BCUT2D eigenvalue weighted by atomic mass is 9.91. The molecule has 0 amide bonds. The fourth-order valence-corrected chi connectivity index (χ4v) is 3.27. The summed E-state index contributed by atoms with van der Waals surface area (Å²) in [5.74, 6) is 1.70. The van der Waals surface area contributed by atoms with E-state index in [0.29, 0.717) is 11.5 Å². The van der Waals surface area contributed by atoms with Crippen LogP contribution in [-0.2, 0) is 0 Å². The largest absolute Gasteiger partial charge is 0.496 e. The maximum absolute atomic E-state index is 5.30. The first-order valence-electron chi connectivity index (χ1n) is 6.82. The van der Waals surface area contributed by atoms with Gasteiger partial charge in [0, 0.05) is 11.7 Å². The minimum Gasteiger partial charge on any atom is -0.496 e. The molecule has 1 aliphatic carbocycles. The van der Waals surface area contributed by atoms with Crippen molar-refractivity contribution in [2.45, 2.75) is 46.6 Å². The summed E-state index contributed by atoms with van der Waals surface area (Å²) in [5.41, 5.74) is 2.87. The fraction of sp³-hybridized carbons (Fsp3) is 0.625. The molecule has 1 aromatic rings. The maximum atomic E-state index is 5.30. The van der Waals surface area contributed by atoms with Gasteiger partial charge in [0.2, 0.25) is 0 Å². The summed E-state index contributed by atoms with van der Waals surface area (Å²) in [6.45, 7) is 9.17. The van der Waals surface area contributed by atoms with E-state index in [2.05, 4.69) is 45.1 Å². The Labute approximate surface area is 111 Å². The molecule has 18 heavy (non-hydrogen) atoms. The number of nitrogens with one attached hydrogen (secondary N) is 1. The SMILES string of the molecule is COc1ccc(NC2CC(C)(C)CC2C)cc1C. The number of hydrogen-bond donors (Lipinski definition) is 1. The summed E-state index contributed by atoms with van der Waals surface area (Å²) < 4.78 is 5.30. The predicted octanol–water partition coefficient (Wildman–Crippen LogP) is 4.24. The molecule has 1 N–H and O–H groups in total. The van der Waals surface area contributed by atoms with Gasteiger partial charge in [0.25, 0.3) is 0 Å². The Hall–Kier alpha value is -1.18. The lowest BCUT2D eigenvalue weighted by Gasteiger charge is -2.20. The third kappa shape index (κ3) is 2.80. The number of anilines is 1. The Balaban J connectivity index is 2.08. The van der Waals surface area contributed by atoms with Crippen molar-refractivity contribution in [3.63, 3.8) is 0 Å². The van der Waals surface area contributed by atoms with Crippen LogP contribution in [0.5, 0.6) is 5.75 Å². The molecule has 0 saturated heterocycles. The molecule has 2 heteroatoms. The van der Waals surface area contributed by atoms with Crippen LogP contribution in [-0.4, -0.2) is 13.2 Å². The second kappa shape index (κ2) is 4.83. The smallest absolute Gasteiger partial charge is 0.121 e. The molecule has 1 saturated carbocycles. The van der Waals surface area contributed by atoms with E-state index in [0.717, 1.165) is 11.7 Å². The second-order valence-corrected chi connectivity index (χ2v) is 6.48. The molecule has 0 aromatic heterocycles. The molecule has 2 nitrogen and oxygen atoms in total. The minimum atomic E-state index is 0.471. The zero-order chi connectivity index (χ0) is 13.3. The van der Waals surface area contributed by atoms with Crippen LogP contribution >= 0.6 is 0 Å². The van der Waals surface area contributed by atoms with Crippen LogP contribution < -0.4 is 10.1 Å². The molecule has 2 rings (SSSR count). The van der Waals surface area contributed by atoms with E-state index in [4.69, 9.17) is 4.74 Å². The van der Waals surface area contributed by atoms with Crippen molar-refractivity contribution in [2.75, 3.05) is 12.4 Å². The van der Waals surface area contributed by atoms with Crippen molar-refractivity contribution < 1.29 is 4.74 Å². The van der Waals surface area contributed by atoms with Crippen LogP contribution in [0, 0.1) is 18.3 Å². The number of methoxy groups -OCH3 is 1. The molecule has 2 unspecified atom stereocenters. The monoisotopic (exact) mass is 247 g/mol. The Morgan fingerprint density at radius 2 is 2.00 bits per heavy atom. The standard InChI is InChI=1S/C16H25NO/c1-11-8-13(6-7-15(11)18-5)17-14-10-16(3,4)9-12(14)2/h6-8,12,14,17H,9-10H2,1-5H3. The van der Waals surface area contributed by atoms with Gasteiger partial charge in [-0.1, -0.05) is 20.8 Å².